The number of carbonyl (C=O) groups is 1. The van der Waals surface area contributed by atoms with E-state index in [1.165, 1.54) is 0 Å². The Morgan fingerprint density at radius 3 is 2.56 bits per heavy atom. The molecule has 0 fully saturated rings. The first-order valence-electron chi connectivity index (χ1n) is 7.55. The van der Waals surface area contributed by atoms with Crippen molar-refractivity contribution >= 4 is 26.9 Å². The van der Waals surface area contributed by atoms with Crippen molar-refractivity contribution in [3.8, 4) is 5.75 Å². The molecule has 0 aliphatic heterocycles. The molecule has 0 unspecified atom stereocenters. The average molecular weight is 359 g/mol. The van der Waals surface area contributed by atoms with E-state index in [0.717, 1.165) is 11.8 Å². The molecular formula is C18H17NO5S. The summed E-state index contributed by atoms with van der Waals surface area (Å²) in [6, 6.07) is 14.8. The summed E-state index contributed by atoms with van der Waals surface area (Å²) in [4.78, 5) is 12.3. The number of rotatable bonds is 5. The summed E-state index contributed by atoms with van der Waals surface area (Å²) in [5.41, 5.74) is 1.69. The van der Waals surface area contributed by atoms with Gasteiger partial charge in [0.2, 0.25) is 10.0 Å². The van der Waals surface area contributed by atoms with E-state index in [9.17, 15) is 13.2 Å². The van der Waals surface area contributed by atoms with Crippen LogP contribution < -0.4 is 9.46 Å². The second-order valence-corrected chi connectivity index (χ2v) is 7.42. The maximum absolute atomic E-state index is 12.3. The molecule has 25 heavy (non-hydrogen) atoms. The quantitative estimate of drug-likeness (QED) is 0.757. The van der Waals surface area contributed by atoms with Gasteiger partial charge < -0.3 is 9.15 Å². The molecule has 6 nitrogen and oxygen atoms in total. The molecular weight excluding hydrogens is 342 g/mol. The van der Waals surface area contributed by atoms with E-state index in [1.807, 2.05) is 35.1 Å². The van der Waals surface area contributed by atoms with Gasteiger partial charge in [-0.2, -0.15) is 0 Å². The zero-order valence-corrected chi connectivity index (χ0v) is 14.6. The first kappa shape index (κ1) is 17.0. The number of furan rings is 1. The molecule has 1 heterocycles. The summed E-state index contributed by atoms with van der Waals surface area (Å²) in [5, 5.41) is 0.504. The third-order valence-corrected chi connectivity index (χ3v) is 4.15. The van der Waals surface area contributed by atoms with Gasteiger partial charge in [0.05, 0.1) is 11.8 Å². The van der Waals surface area contributed by atoms with Crippen LogP contribution in [0.5, 0.6) is 5.75 Å². The monoisotopic (exact) mass is 359 g/mol. The van der Waals surface area contributed by atoms with Gasteiger partial charge in [-0.3, -0.25) is 4.79 Å². The lowest BCUT2D eigenvalue weighted by Gasteiger charge is -2.07. The maximum atomic E-state index is 12.3. The van der Waals surface area contributed by atoms with Crippen LogP contribution in [0.3, 0.4) is 0 Å². The lowest BCUT2D eigenvalue weighted by atomic mass is 10.1. The molecule has 0 saturated heterocycles. The van der Waals surface area contributed by atoms with Crippen LogP contribution in [0.1, 0.15) is 21.7 Å². The zero-order chi connectivity index (χ0) is 18.0. The van der Waals surface area contributed by atoms with Crippen molar-refractivity contribution in [2.24, 2.45) is 0 Å². The lowest BCUT2D eigenvalue weighted by molar-refractivity contribution is 0.0981. The summed E-state index contributed by atoms with van der Waals surface area (Å²) in [5.74, 6) is 0.181. The molecule has 0 saturated carbocycles. The molecule has 2 aromatic carbocycles. The fourth-order valence-electron chi connectivity index (χ4n) is 2.53. The second-order valence-electron chi connectivity index (χ2n) is 5.67. The Morgan fingerprint density at radius 1 is 1.16 bits per heavy atom. The predicted octanol–water partition coefficient (Wildman–Crippen LogP) is 3.01. The van der Waals surface area contributed by atoms with E-state index < -0.39 is 15.9 Å². The van der Waals surface area contributed by atoms with Gasteiger partial charge in [-0.1, -0.05) is 30.3 Å². The molecule has 0 aliphatic rings. The Labute approximate surface area is 145 Å². The van der Waals surface area contributed by atoms with E-state index in [0.29, 0.717) is 29.1 Å². The van der Waals surface area contributed by atoms with Crippen LogP contribution in [0.25, 0.3) is 11.0 Å². The Bertz CT molecular complexity index is 1020. The van der Waals surface area contributed by atoms with Crippen LogP contribution >= 0.6 is 0 Å². The summed E-state index contributed by atoms with van der Waals surface area (Å²) >= 11 is 0. The number of carbonyl (C=O) groups excluding carboxylic acids is 1. The molecule has 130 valence electrons. The first-order valence-corrected chi connectivity index (χ1v) is 9.44. The van der Waals surface area contributed by atoms with Gasteiger partial charge in [0, 0.05) is 5.39 Å². The Balaban J connectivity index is 1.91. The minimum absolute atomic E-state index is 0.186. The van der Waals surface area contributed by atoms with Gasteiger partial charge in [-0.05, 0) is 30.7 Å². The fourth-order valence-corrected chi connectivity index (χ4v) is 2.97. The Kier molecular flexibility index (Phi) is 4.50. The lowest BCUT2D eigenvalue weighted by Crippen LogP contribution is -2.29. The third kappa shape index (κ3) is 4.00. The minimum atomic E-state index is -3.66. The van der Waals surface area contributed by atoms with Crippen molar-refractivity contribution in [2.45, 2.75) is 13.5 Å². The highest BCUT2D eigenvalue weighted by Gasteiger charge is 2.21. The standard InChI is InChI=1S/C18H17NO5S/c1-12-17(18(20)19-25(2,21)22)15-10-14(8-9-16(15)24-12)23-11-13-6-4-3-5-7-13/h3-10H,11H2,1-2H3,(H,19,20). The van der Waals surface area contributed by atoms with Crippen molar-refractivity contribution < 1.29 is 22.4 Å². The first-order chi connectivity index (χ1) is 11.8. The Hall–Kier alpha value is -2.80. The average Bonchev–Trinajstić information content (AvgIpc) is 2.87. The highest BCUT2D eigenvalue weighted by molar-refractivity contribution is 7.89. The molecule has 0 atom stereocenters. The van der Waals surface area contributed by atoms with Crippen LogP contribution in [-0.4, -0.2) is 20.6 Å². The molecule has 3 aromatic rings. The molecule has 1 amide bonds. The molecule has 1 aromatic heterocycles. The number of ether oxygens (including phenoxy) is 1. The fraction of sp³-hybridized carbons (Fsp3) is 0.167. The molecule has 0 aliphatic carbocycles. The van der Waals surface area contributed by atoms with Crippen molar-refractivity contribution in [3.05, 3.63) is 65.4 Å². The van der Waals surface area contributed by atoms with Crippen LogP contribution in [0.2, 0.25) is 0 Å². The third-order valence-electron chi connectivity index (χ3n) is 3.59. The largest absolute Gasteiger partial charge is 0.489 e. The number of aryl methyl sites for hydroxylation is 1. The van der Waals surface area contributed by atoms with Crippen LogP contribution in [-0.2, 0) is 16.6 Å². The van der Waals surface area contributed by atoms with Gasteiger partial charge in [0.15, 0.2) is 0 Å². The van der Waals surface area contributed by atoms with Crippen molar-refractivity contribution in [3.63, 3.8) is 0 Å². The molecule has 0 bridgehead atoms. The summed E-state index contributed by atoms with van der Waals surface area (Å²) < 4.78 is 35.9. The molecule has 0 radical (unpaired) electrons. The van der Waals surface area contributed by atoms with Crippen molar-refractivity contribution in [2.75, 3.05) is 6.26 Å². The van der Waals surface area contributed by atoms with E-state index in [4.69, 9.17) is 9.15 Å². The number of amides is 1. The maximum Gasteiger partial charge on any atom is 0.268 e. The SMILES string of the molecule is Cc1oc2ccc(OCc3ccccc3)cc2c1C(=O)NS(C)(=O)=O. The smallest absolute Gasteiger partial charge is 0.268 e. The number of hydrogen-bond acceptors (Lipinski definition) is 5. The Morgan fingerprint density at radius 2 is 1.88 bits per heavy atom. The topological polar surface area (TPSA) is 85.6 Å². The highest BCUT2D eigenvalue weighted by Crippen LogP contribution is 2.29. The van der Waals surface area contributed by atoms with E-state index in [1.54, 1.807) is 25.1 Å². The molecule has 0 spiro atoms. The molecule has 3 rings (SSSR count). The van der Waals surface area contributed by atoms with Gasteiger partial charge >= 0.3 is 0 Å². The van der Waals surface area contributed by atoms with Crippen molar-refractivity contribution in [1.29, 1.82) is 0 Å². The number of sulfonamides is 1. The number of hydrogen-bond donors (Lipinski definition) is 1. The second kappa shape index (κ2) is 6.60. The number of nitrogens with one attached hydrogen (secondary N) is 1. The minimum Gasteiger partial charge on any atom is -0.489 e. The summed E-state index contributed by atoms with van der Waals surface area (Å²) in [6.45, 7) is 2.00. The predicted molar refractivity (Wildman–Crippen MR) is 94.0 cm³/mol. The van der Waals surface area contributed by atoms with Gasteiger partial charge in [0.25, 0.3) is 5.91 Å². The van der Waals surface area contributed by atoms with Crippen LogP contribution in [0.4, 0.5) is 0 Å². The number of benzene rings is 2. The summed E-state index contributed by atoms with van der Waals surface area (Å²) in [7, 11) is -3.66. The van der Waals surface area contributed by atoms with Gasteiger partial charge in [-0.15, -0.1) is 0 Å². The van der Waals surface area contributed by atoms with Gasteiger partial charge in [0.1, 0.15) is 23.7 Å². The van der Waals surface area contributed by atoms with Gasteiger partial charge in [-0.25, -0.2) is 13.1 Å². The molecule has 1 N–H and O–H groups in total. The summed E-state index contributed by atoms with van der Waals surface area (Å²) in [6.07, 6.45) is 0.927. The normalized spacial score (nSPS) is 11.4. The number of fused-ring (bicyclic) bond motifs is 1. The van der Waals surface area contributed by atoms with E-state index in [2.05, 4.69) is 0 Å². The highest BCUT2D eigenvalue weighted by atomic mass is 32.2. The zero-order valence-electron chi connectivity index (χ0n) is 13.8. The van der Waals surface area contributed by atoms with E-state index in [-0.39, 0.29) is 5.56 Å². The van der Waals surface area contributed by atoms with Crippen molar-refractivity contribution in [1.82, 2.24) is 4.72 Å². The van der Waals surface area contributed by atoms with Crippen LogP contribution in [0.15, 0.2) is 52.9 Å². The van der Waals surface area contributed by atoms with Crippen LogP contribution in [0, 0.1) is 6.92 Å². The van der Waals surface area contributed by atoms with E-state index >= 15 is 0 Å². The molecule has 7 heteroatoms.